The number of aromatic carboxylic acids is 1. The fourth-order valence-electron chi connectivity index (χ4n) is 2.69. The number of carboxylic acid groups (broad SMARTS) is 1. The number of halogens is 1. The summed E-state index contributed by atoms with van der Waals surface area (Å²) in [5.74, 6) is -2.11. The van der Waals surface area contributed by atoms with Crippen LogP contribution in [0.2, 0.25) is 0 Å². The molecule has 0 unspecified atom stereocenters. The summed E-state index contributed by atoms with van der Waals surface area (Å²) < 4.78 is 0.914. The molecule has 2 aromatic carbocycles. The third-order valence-corrected chi connectivity index (χ3v) is 4.55. The number of hydrogen-bond donors (Lipinski definition) is 1. The molecule has 6 nitrogen and oxygen atoms in total. The zero-order chi connectivity index (χ0) is 18.0. The average molecular weight is 402 g/mol. The van der Waals surface area contributed by atoms with Gasteiger partial charge in [-0.1, -0.05) is 28.1 Å². The highest BCUT2D eigenvalue weighted by Crippen LogP contribution is 2.27. The van der Waals surface area contributed by atoms with Crippen molar-refractivity contribution in [1.29, 1.82) is 0 Å². The Labute approximate surface area is 152 Å². The monoisotopic (exact) mass is 401 g/mol. The second kappa shape index (κ2) is 7.06. The summed E-state index contributed by atoms with van der Waals surface area (Å²) in [7, 11) is 0. The maximum Gasteiger partial charge on any atom is 0.229 e. The summed E-state index contributed by atoms with van der Waals surface area (Å²) in [6.45, 7) is 0.309. The van der Waals surface area contributed by atoms with Gasteiger partial charge in [0.05, 0.1) is 11.9 Å². The van der Waals surface area contributed by atoms with Crippen LogP contribution in [0.1, 0.15) is 16.8 Å². The van der Waals surface area contributed by atoms with Crippen molar-refractivity contribution in [2.24, 2.45) is 5.92 Å². The Hall–Kier alpha value is -2.67. The van der Waals surface area contributed by atoms with Crippen molar-refractivity contribution >= 4 is 45.1 Å². The van der Waals surface area contributed by atoms with Crippen molar-refractivity contribution in [3.05, 3.63) is 58.6 Å². The summed E-state index contributed by atoms with van der Waals surface area (Å²) in [4.78, 5) is 36.9. The molecule has 1 saturated heterocycles. The lowest BCUT2D eigenvalue weighted by atomic mass is 10.1. The van der Waals surface area contributed by atoms with E-state index < -0.39 is 11.9 Å². The van der Waals surface area contributed by atoms with E-state index in [1.807, 2.05) is 24.3 Å². The fourth-order valence-corrected chi connectivity index (χ4v) is 2.95. The van der Waals surface area contributed by atoms with Crippen molar-refractivity contribution < 1.29 is 19.5 Å². The molecule has 1 aliphatic rings. The number of anilines is 2. The first-order chi connectivity index (χ1) is 11.9. The normalized spacial score (nSPS) is 16.8. The molecule has 128 valence electrons. The molecule has 1 atom stereocenters. The molecule has 3 rings (SSSR count). The molecule has 1 N–H and O–H groups in total. The maximum atomic E-state index is 12.4. The first-order valence-electron chi connectivity index (χ1n) is 7.62. The van der Waals surface area contributed by atoms with Crippen LogP contribution in [-0.2, 0) is 9.59 Å². The van der Waals surface area contributed by atoms with E-state index in [0.717, 1.165) is 10.2 Å². The molecular weight excluding hydrogens is 388 g/mol. The molecule has 1 aliphatic heterocycles. The van der Waals surface area contributed by atoms with Crippen LogP contribution in [0.5, 0.6) is 0 Å². The summed E-state index contributed by atoms with van der Waals surface area (Å²) in [6, 6.07) is 13.0. The third kappa shape index (κ3) is 3.88. The summed E-state index contributed by atoms with van der Waals surface area (Å²) in [5.41, 5.74) is 1.27. The van der Waals surface area contributed by atoms with Gasteiger partial charge in [-0.2, -0.15) is 0 Å². The SMILES string of the molecule is O=C([O-])c1ccc(NC(=O)[C@H]2CC(=O)N(c3ccc(Br)cc3)C2)cc1. The lowest BCUT2D eigenvalue weighted by Crippen LogP contribution is -2.28. The molecular formula is C18H14BrN2O4-. The van der Waals surface area contributed by atoms with E-state index in [0.29, 0.717) is 12.2 Å². The van der Waals surface area contributed by atoms with Gasteiger partial charge in [0.25, 0.3) is 0 Å². The Morgan fingerprint density at radius 1 is 1.08 bits per heavy atom. The Kier molecular flexibility index (Phi) is 4.85. The maximum absolute atomic E-state index is 12.4. The smallest absolute Gasteiger partial charge is 0.229 e. The van der Waals surface area contributed by atoms with Crippen molar-refractivity contribution in [2.45, 2.75) is 6.42 Å². The lowest BCUT2D eigenvalue weighted by Gasteiger charge is -2.17. The van der Waals surface area contributed by atoms with Gasteiger partial charge in [-0.3, -0.25) is 9.59 Å². The number of benzene rings is 2. The van der Waals surface area contributed by atoms with Crippen LogP contribution in [0.4, 0.5) is 11.4 Å². The molecule has 1 fully saturated rings. The van der Waals surface area contributed by atoms with Gasteiger partial charge >= 0.3 is 0 Å². The van der Waals surface area contributed by atoms with Gasteiger partial charge < -0.3 is 20.1 Å². The van der Waals surface area contributed by atoms with Crippen molar-refractivity contribution in [3.8, 4) is 0 Å². The number of hydrogen-bond acceptors (Lipinski definition) is 4. The van der Waals surface area contributed by atoms with E-state index in [9.17, 15) is 19.5 Å². The van der Waals surface area contributed by atoms with E-state index in [-0.39, 0.29) is 23.8 Å². The van der Waals surface area contributed by atoms with Gasteiger partial charge in [-0.25, -0.2) is 0 Å². The second-order valence-electron chi connectivity index (χ2n) is 5.74. The highest BCUT2D eigenvalue weighted by molar-refractivity contribution is 9.10. The molecule has 0 aromatic heterocycles. The van der Waals surface area contributed by atoms with Gasteiger partial charge in [0.15, 0.2) is 0 Å². The topological polar surface area (TPSA) is 89.5 Å². The predicted octanol–water partition coefficient (Wildman–Crippen LogP) is 1.80. The summed E-state index contributed by atoms with van der Waals surface area (Å²) >= 11 is 3.35. The van der Waals surface area contributed by atoms with Crippen molar-refractivity contribution in [1.82, 2.24) is 0 Å². The third-order valence-electron chi connectivity index (χ3n) is 4.02. The van der Waals surface area contributed by atoms with Crippen LogP contribution in [0, 0.1) is 5.92 Å². The molecule has 25 heavy (non-hydrogen) atoms. The zero-order valence-electron chi connectivity index (χ0n) is 13.1. The van der Waals surface area contributed by atoms with E-state index in [1.54, 1.807) is 4.90 Å². The van der Waals surface area contributed by atoms with E-state index in [2.05, 4.69) is 21.2 Å². The average Bonchev–Trinajstić information content (AvgIpc) is 2.98. The highest BCUT2D eigenvalue weighted by atomic mass is 79.9. The van der Waals surface area contributed by atoms with Crippen molar-refractivity contribution in [2.75, 3.05) is 16.8 Å². The molecule has 1 heterocycles. The zero-order valence-corrected chi connectivity index (χ0v) is 14.7. The van der Waals surface area contributed by atoms with Crippen LogP contribution in [0.3, 0.4) is 0 Å². The molecule has 0 spiro atoms. The standard InChI is InChI=1S/C18H15BrN2O4/c19-13-3-7-15(8-4-13)21-10-12(9-16(21)22)17(23)20-14-5-1-11(2-6-14)18(24)25/h1-8,12H,9-10H2,(H,20,23)(H,24,25)/p-1/t12-/m0/s1. The summed E-state index contributed by atoms with van der Waals surface area (Å²) in [6.07, 6.45) is 0.138. The molecule has 7 heteroatoms. The van der Waals surface area contributed by atoms with Gasteiger partial charge in [-0.15, -0.1) is 0 Å². The highest BCUT2D eigenvalue weighted by Gasteiger charge is 2.35. The quantitative estimate of drug-likeness (QED) is 0.845. The van der Waals surface area contributed by atoms with E-state index in [1.165, 1.54) is 24.3 Å². The van der Waals surface area contributed by atoms with Crippen LogP contribution in [0.25, 0.3) is 0 Å². The minimum Gasteiger partial charge on any atom is -0.545 e. The van der Waals surface area contributed by atoms with E-state index >= 15 is 0 Å². The Bertz CT molecular complexity index is 818. The Morgan fingerprint density at radius 2 is 1.72 bits per heavy atom. The number of carbonyl (C=O) groups is 3. The van der Waals surface area contributed by atoms with Gasteiger partial charge in [0, 0.05) is 28.8 Å². The van der Waals surface area contributed by atoms with Gasteiger partial charge in [0.1, 0.15) is 0 Å². The Balaban J connectivity index is 1.66. The van der Waals surface area contributed by atoms with Gasteiger partial charge in [-0.05, 0) is 42.0 Å². The minimum absolute atomic E-state index is 0.0375. The van der Waals surface area contributed by atoms with Gasteiger partial charge in [0.2, 0.25) is 11.8 Å². The van der Waals surface area contributed by atoms with Crippen LogP contribution in [-0.4, -0.2) is 24.3 Å². The number of nitrogens with one attached hydrogen (secondary N) is 1. The molecule has 0 aliphatic carbocycles. The first kappa shape index (κ1) is 17.2. The molecule has 0 saturated carbocycles. The molecule has 0 radical (unpaired) electrons. The minimum atomic E-state index is -1.27. The number of carboxylic acids is 1. The molecule has 2 aromatic rings. The number of amides is 2. The van der Waals surface area contributed by atoms with Crippen LogP contribution in [0.15, 0.2) is 53.0 Å². The largest absolute Gasteiger partial charge is 0.545 e. The molecule has 0 bridgehead atoms. The summed E-state index contributed by atoms with van der Waals surface area (Å²) in [5, 5.41) is 13.4. The van der Waals surface area contributed by atoms with Crippen LogP contribution < -0.4 is 15.3 Å². The molecule has 2 amide bonds. The lowest BCUT2D eigenvalue weighted by molar-refractivity contribution is -0.255. The fraction of sp³-hybridized carbons (Fsp3) is 0.167. The Morgan fingerprint density at radius 3 is 2.32 bits per heavy atom. The predicted molar refractivity (Wildman–Crippen MR) is 94.0 cm³/mol. The van der Waals surface area contributed by atoms with Crippen LogP contribution >= 0.6 is 15.9 Å². The second-order valence-corrected chi connectivity index (χ2v) is 6.65. The van der Waals surface area contributed by atoms with Crippen molar-refractivity contribution in [3.63, 3.8) is 0 Å². The number of rotatable bonds is 4. The van der Waals surface area contributed by atoms with E-state index in [4.69, 9.17) is 0 Å². The number of nitrogens with zero attached hydrogens (tertiary/aromatic N) is 1. The number of carbonyl (C=O) groups excluding carboxylic acids is 3. The first-order valence-corrected chi connectivity index (χ1v) is 8.41.